The van der Waals surface area contributed by atoms with Crippen molar-refractivity contribution in [2.75, 3.05) is 5.32 Å². The molecule has 1 aliphatic rings. The molecule has 0 bridgehead atoms. The molecular formula is C18H26FNO2. The maximum absolute atomic E-state index is 14.1. The first kappa shape index (κ1) is 16.8. The standard InChI is InChI=1S/C18H26FNO2/c1-13(18(21)22)16-11-10-15(12-17(16)19)20-14-8-6-4-2-3-5-7-9-14/h10-14,20H,2-9H2,1H3,(H,21,22). The van der Waals surface area contributed by atoms with Crippen molar-refractivity contribution in [2.24, 2.45) is 0 Å². The average molecular weight is 307 g/mol. The maximum Gasteiger partial charge on any atom is 0.310 e. The molecule has 0 aliphatic heterocycles. The molecule has 0 amide bonds. The van der Waals surface area contributed by atoms with Gasteiger partial charge in [-0.3, -0.25) is 4.79 Å². The third-order valence-electron chi connectivity index (χ3n) is 4.56. The van der Waals surface area contributed by atoms with Crippen LogP contribution < -0.4 is 5.32 Å². The molecule has 1 saturated carbocycles. The Hall–Kier alpha value is -1.58. The van der Waals surface area contributed by atoms with E-state index in [4.69, 9.17) is 5.11 Å². The van der Waals surface area contributed by atoms with Crippen molar-refractivity contribution in [3.63, 3.8) is 0 Å². The van der Waals surface area contributed by atoms with Crippen LogP contribution in [0.4, 0.5) is 10.1 Å². The molecule has 0 heterocycles. The first-order chi connectivity index (χ1) is 10.6. The van der Waals surface area contributed by atoms with E-state index in [9.17, 15) is 9.18 Å². The van der Waals surface area contributed by atoms with E-state index in [2.05, 4.69) is 5.32 Å². The van der Waals surface area contributed by atoms with E-state index in [-0.39, 0.29) is 5.56 Å². The Balaban J connectivity index is 2.02. The lowest BCUT2D eigenvalue weighted by Gasteiger charge is -2.20. The zero-order chi connectivity index (χ0) is 15.9. The largest absolute Gasteiger partial charge is 0.481 e. The van der Waals surface area contributed by atoms with E-state index in [0.717, 1.165) is 18.5 Å². The zero-order valence-corrected chi connectivity index (χ0v) is 13.3. The number of hydrogen-bond acceptors (Lipinski definition) is 2. The van der Waals surface area contributed by atoms with E-state index in [0.29, 0.717) is 6.04 Å². The summed E-state index contributed by atoms with van der Waals surface area (Å²) in [6, 6.07) is 5.21. The summed E-state index contributed by atoms with van der Waals surface area (Å²) in [6.07, 6.45) is 9.88. The second-order valence-electron chi connectivity index (χ2n) is 6.34. The van der Waals surface area contributed by atoms with Crippen molar-refractivity contribution in [1.82, 2.24) is 0 Å². The third-order valence-corrected chi connectivity index (χ3v) is 4.56. The average Bonchev–Trinajstić information content (AvgIpc) is 2.61. The predicted molar refractivity (Wildman–Crippen MR) is 86.8 cm³/mol. The molecule has 3 nitrogen and oxygen atoms in total. The predicted octanol–water partition coefficient (Wildman–Crippen LogP) is 4.93. The first-order valence-electron chi connectivity index (χ1n) is 8.36. The number of anilines is 1. The summed E-state index contributed by atoms with van der Waals surface area (Å²) < 4.78 is 14.1. The van der Waals surface area contributed by atoms with Crippen molar-refractivity contribution in [3.8, 4) is 0 Å². The molecule has 1 unspecified atom stereocenters. The second-order valence-corrected chi connectivity index (χ2v) is 6.34. The van der Waals surface area contributed by atoms with E-state index in [1.165, 1.54) is 51.5 Å². The number of carbonyl (C=O) groups is 1. The van der Waals surface area contributed by atoms with Gasteiger partial charge >= 0.3 is 5.97 Å². The molecule has 1 atom stereocenters. The van der Waals surface area contributed by atoms with Gasteiger partial charge in [0.05, 0.1) is 5.92 Å². The highest BCUT2D eigenvalue weighted by Gasteiger charge is 2.18. The third kappa shape index (κ3) is 4.72. The molecule has 0 saturated heterocycles. The molecule has 2 N–H and O–H groups in total. The number of carboxylic acid groups (broad SMARTS) is 1. The lowest BCUT2D eigenvalue weighted by Crippen LogP contribution is -2.19. The molecular weight excluding hydrogens is 281 g/mol. The first-order valence-corrected chi connectivity index (χ1v) is 8.36. The van der Waals surface area contributed by atoms with Gasteiger partial charge in [-0.05, 0) is 31.9 Å². The van der Waals surface area contributed by atoms with Gasteiger partial charge < -0.3 is 10.4 Å². The lowest BCUT2D eigenvalue weighted by atomic mass is 10.00. The summed E-state index contributed by atoms with van der Waals surface area (Å²) >= 11 is 0. The molecule has 22 heavy (non-hydrogen) atoms. The van der Waals surface area contributed by atoms with Crippen LogP contribution in [0.3, 0.4) is 0 Å². The topological polar surface area (TPSA) is 49.3 Å². The summed E-state index contributed by atoms with van der Waals surface area (Å²) in [5.41, 5.74) is 0.996. The van der Waals surface area contributed by atoms with E-state index in [1.54, 1.807) is 12.1 Å². The van der Waals surface area contributed by atoms with Crippen LogP contribution in [-0.2, 0) is 4.79 Å². The number of carboxylic acids is 1. The number of benzene rings is 1. The summed E-state index contributed by atoms with van der Waals surface area (Å²) in [7, 11) is 0. The Labute approximate surface area is 131 Å². The van der Waals surface area contributed by atoms with Crippen LogP contribution >= 0.6 is 0 Å². The Kier molecular flexibility index (Phi) is 6.22. The maximum atomic E-state index is 14.1. The van der Waals surface area contributed by atoms with Crippen LogP contribution in [0.2, 0.25) is 0 Å². The van der Waals surface area contributed by atoms with Crippen molar-refractivity contribution < 1.29 is 14.3 Å². The Morgan fingerprint density at radius 1 is 1.18 bits per heavy atom. The van der Waals surface area contributed by atoms with Crippen LogP contribution in [0, 0.1) is 5.82 Å². The van der Waals surface area contributed by atoms with Gasteiger partial charge in [-0.1, -0.05) is 44.6 Å². The Bertz CT molecular complexity index is 494. The van der Waals surface area contributed by atoms with Gasteiger partial charge in [0.2, 0.25) is 0 Å². The summed E-state index contributed by atoms with van der Waals surface area (Å²) in [5.74, 6) is -2.27. The highest BCUT2D eigenvalue weighted by Crippen LogP contribution is 2.25. The lowest BCUT2D eigenvalue weighted by molar-refractivity contribution is -0.138. The SMILES string of the molecule is CC(C(=O)O)c1ccc(NC2CCCCCCCC2)cc1F. The van der Waals surface area contributed by atoms with Gasteiger partial charge in [0.15, 0.2) is 0 Å². The molecule has 1 fully saturated rings. The fourth-order valence-electron chi connectivity index (χ4n) is 3.11. The minimum atomic E-state index is -1.00. The van der Waals surface area contributed by atoms with Crippen LogP contribution in [0.25, 0.3) is 0 Å². The Morgan fingerprint density at radius 2 is 1.77 bits per heavy atom. The highest BCUT2D eigenvalue weighted by molar-refractivity contribution is 5.75. The van der Waals surface area contributed by atoms with E-state index >= 15 is 0 Å². The van der Waals surface area contributed by atoms with Gasteiger partial charge in [-0.15, -0.1) is 0 Å². The molecule has 0 aromatic heterocycles. The summed E-state index contributed by atoms with van der Waals surface area (Å²) in [5, 5.41) is 12.4. The number of halogens is 1. The van der Waals surface area contributed by atoms with Crippen molar-refractivity contribution in [3.05, 3.63) is 29.6 Å². The van der Waals surface area contributed by atoms with Crippen LogP contribution in [0.5, 0.6) is 0 Å². The van der Waals surface area contributed by atoms with Gasteiger partial charge in [-0.2, -0.15) is 0 Å². The zero-order valence-electron chi connectivity index (χ0n) is 13.3. The van der Waals surface area contributed by atoms with Gasteiger partial charge in [-0.25, -0.2) is 4.39 Å². The van der Waals surface area contributed by atoms with Crippen LogP contribution in [0.1, 0.15) is 69.8 Å². The van der Waals surface area contributed by atoms with Gasteiger partial charge in [0, 0.05) is 17.3 Å². The van der Waals surface area contributed by atoms with E-state index < -0.39 is 17.7 Å². The number of nitrogens with one attached hydrogen (secondary N) is 1. The fourth-order valence-corrected chi connectivity index (χ4v) is 3.11. The van der Waals surface area contributed by atoms with Crippen molar-refractivity contribution in [1.29, 1.82) is 0 Å². The minimum Gasteiger partial charge on any atom is -0.481 e. The van der Waals surface area contributed by atoms with Gasteiger partial charge in [0.1, 0.15) is 5.82 Å². The van der Waals surface area contributed by atoms with Crippen molar-refractivity contribution >= 4 is 11.7 Å². The summed E-state index contributed by atoms with van der Waals surface area (Å²) in [4.78, 5) is 11.0. The molecule has 1 aromatic rings. The number of hydrogen-bond donors (Lipinski definition) is 2. The monoisotopic (exact) mass is 307 g/mol. The normalized spacial score (nSPS) is 18.8. The molecule has 1 aliphatic carbocycles. The summed E-state index contributed by atoms with van der Waals surface area (Å²) in [6.45, 7) is 1.51. The van der Waals surface area contributed by atoms with Crippen LogP contribution in [-0.4, -0.2) is 17.1 Å². The minimum absolute atomic E-state index is 0.243. The van der Waals surface area contributed by atoms with Gasteiger partial charge in [0.25, 0.3) is 0 Å². The highest BCUT2D eigenvalue weighted by atomic mass is 19.1. The quantitative estimate of drug-likeness (QED) is 0.829. The number of rotatable bonds is 4. The number of aliphatic carboxylic acids is 1. The Morgan fingerprint density at radius 3 is 2.32 bits per heavy atom. The molecule has 0 spiro atoms. The smallest absolute Gasteiger partial charge is 0.310 e. The second kappa shape index (κ2) is 8.16. The van der Waals surface area contributed by atoms with E-state index in [1.807, 2.05) is 0 Å². The van der Waals surface area contributed by atoms with Crippen molar-refractivity contribution in [2.45, 2.75) is 70.3 Å². The molecule has 1 aromatic carbocycles. The molecule has 4 heteroatoms. The molecule has 122 valence electrons. The fraction of sp³-hybridized carbons (Fsp3) is 0.611. The molecule has 0 radical (unpaired) electrons. The van der Waals surface area contributed by atoms with Crippen LogP contribution in [0.15, 0.2) is 18.2 Å². The molecule has 2 rings (SSSR count).